The second-order valence-corrected chi connectivity index (χ2v) is 25.4. The van der Waals surface area contributed by atoms with E-state index >= 15 is 0 Å². The Kier molecular flexibility index (Phi) is 8.83. The first kappa shape index (κ1) is 44.0. The second-order valence-electron chi connectivity index (χ2n) is 25.4. The molecular weight excluding hydrogens is 872 g/mol. The van der Waals surface area contributed by atoms with Gasteiger partial charge in [0.1, 0.15) is 11.2 Å². The lowest BCUT2D eigenvalue weighted by atomic mass is 9.42. The van der Waals surface area contributed by atoms with Crippen molar-refractivity contribution in [3.05, 3.63) is 185 Å². The monoisotopic (exact) mass is 937 g/mol. The van der Waals surface area contributed by atoms with Crippen molar-refractivity contribution in [2.45, 2.75) is 129 Å². The Morgan fingerprint density at radius 3 is 1.88 bits per heavy atom. The van der Waals surface area contributed by atoms with Crippen molar-refractivity contribution in [1.82, 2.24) is 0 Å². The normalized spacial score (nSPS) is 18.7. The van der Waals surface area contributed by atoms with Crippen molar-refractivity contribution in [3.8, 4) is 33.4 Å². The van der Waals surface area contributed by atoms with E-state index in [0.717, 1.165) is 29.4 Å². The highest BCUT2D eigenvalue weighted by Crippen LogP contribution is 2.60. The fourth-order valence-corrected chi connectivity index (χ4v) is 14.6. The van der Waals surface area contributed by atoms with E-state index in [9.17, 15) is 0 Å². The maximum atomic E-state index is 6.91. The van der Waals surface area contributed by atoms with E-state index in [4.69, 9.17) is 4.42 Å². The van der Waals surface area contributed by atoms with Gasteiger partial charge in [-0.05, 0) is 180 Å². The van der Waals surface area contributed by atoms with Gasteiger partial charge in [0.05, 0.1) is 5.39 Å². The summed E-state index contributed by atoms with van der Waals surface area (Å²) in [5, 5.41) is 2.33. The Hall–Kier alpha value is -6.78. The van der Waals surface area contributed by atoms with E-state index in [2.05, 4.69) is 231 Å². The van der Waals surface area contributed by atoms with Crippen LogP contribution in [0, 0.1) is 6.92 Å². The first-order chi connectivity index (χ1) is 34.4. The average molecular weight is 937 g/mol. The predicted octanol–water partition coefficient (Wildman–Crippen LogP) is 17.3. The van der Waals surface area contributed by atoms with Crippen LogP contribution in [0.4, 0.5) is 28.4 Å². The zero-order valence-electron chi connectivity index (χ0n) is 44.1. The molecule has 0 bridgehead atoms. The third kappa shape index (κ3) is 5.87. The molecule has 14 rings (SSSR count). The zero-order valence-corrected chi connectivity index (χ0v) is 44.1. The molecule has 3 heterocycles. The highest BCUT2D eigenvalue weighted by Gasteiger charge is 2.52. The van der Waals surface area contributed by atoms with Crippen LogP contribution >= 0.6 is 0 Å². The molecule has 5 aliphatic rings. The summed E-state index contributed by atoms with van der Waals surface area (Å²) < 4.78 is 6.91. The first-order valence-electron chi connectivity index (χ1n) is 26.7. The lowest BCUT2D eigenvalue weighted by molar-refractivity contribution is 0.332. The van der Waals surface area contributed by atoms with Gasteiger partial charge in [-0.25, -0.2) is 0 Å². The molecule has 4 heteroatoms. The van der Waals surface area contributed by atoms with Crippen LogP contribution in [0.25, 0.3) is 55.3 Å². The van der Waals surface area contributed by atoms with Gasteiger partial charge in [0.15, 0.2) is 0 Å². The minimum atomic E-state index is -0.274. The number of rotatable bonds is 3. The molecule has 0 amide bonds. The summed E-state index contributed by atoms with van der Waals surface area (Å²) in [7, 11) is 0. The lowest BCUT2D eigenvalue weighted by Gasteiger charge is -2.49. The molecule has 9 aromatic rings. The minimum absolute atomic E-state index is 0.0155. The van der Waals surface area contributed by atoms with Gasteiger partial charge in [-0.2, -0.15) is 0 Å². The molecule has 3 nitrogen and oxygen atoms in total. The van der Waals surface area contributed by atoms with Gasteiger partial charge in [0.2, 0.25) is 0 Å². The van der Waals surface area contributed by atoms with Gasteiger partial charge in [-0.1, -0.05) is 166 Å². The average Bonchev–Trinajstić information content (AvgIpc) is 3.86. The largest absolute Gasteiger partial charge is 0.456 e. The summed E-state index contributed by atoms with van der Waals surface area (Å²) in [5.74, 6) is 0. The van der Waals surface area contributed by atoms with Gasteiger partial charge >= 0.3 is 6.85 Å². The van der Waals surface area contributed by atoms with Crippen LogP contribution in [0.3, 0.4) is 0 Å². The molecule has 0 unspecified atom stereocenters. The Balaban J connectivity index is 1.18. The van der Waals surface area contributed by atoms with Crippen LogP contribution in [0.5, 0.6) is 0 Å². The SMILES string of the molecule is Cc1cc2c(cc1N1c3ccc(-c4ccccc4)cc3B3c4c1cc1c(c4-c4ccc5oc6ccccc6c5c4N3c3ccc4c(c3)C(C)(C)CCC4(C)C)C(C)(C)c3ccccc3-1)C(C)(C)CCC2(C)C. The maximum Gasteiger partial charge on any atom is 0.333 e. The second kappa shape index (κ2) is 14.5. The molecule has 1 aromatic heterocycles. The molecule has 2 aliphatic heterocycles. The number of para-hydroxylation sites is 1. The van der Waals surface area contributed by atoms with Crippen molar-refractivity contribution in [1.29, 1.82) is 0 Å². The maximum absolute atomic E-state index is 6.91. The van der Waals surface area contributed by atoms with Crippen LogP contribution in [0.2, 0.25) is 0 Å². The van der Waals surface area contributed by atoms with E-state index in [1.165, 1.54) is 130 Å². The van der Waals surface area contributed by atoms with Gasteiger partial charge in [-0.3, -0.25) is 0 Å². The van der Waals surface area contributed by atoms with Crippen LogP contribution in [-0.4, -0.2) is 6.85 Å². The van der Waals surface area contributed by atoms with Crippen molar-refractivity contribution in [3.63, 3.8) is 0 Å². The Morgan fingerprint density at radius 2 is 1.12 bits per heavy atom. The number of aryl methyl sites for hydroxylation is 1. The van der Waals surface area contributed by atoms with E-state index in [0.29, 0.717) is 0 Å². The number of benzene rings is 8. The number of nitrogens with zero attached hydrogens (tertiary/aromatic N) is 2. The molecule has 0 N–H and O–H groups in total. The van der Waals surface area contributed by atoms with E-state index < -0.39 is 0 Å². The summed E-state index contributed by atoms with van der Waals surface area (Å²) in [6.45, 7) is 26.8. The summed E-state index contributed by atoms with van der Waals surface area (Å²) in [6, 6.07) is 56.4. The fraction of sp³-hybridized carbons (Fsp3) is 0.294. The topological polar surface area (TPSA) is 19.6 Å². The van der Waals surface area contributed by atoms with Crippen LogP contribution in [-0.2, 0) is 27.1 Å². The molecule has 3 aliphatic carbocycles. The van der Waals surface area contributed by atoms with Gasteiger partial charge < -0.3 is 14.1 Å². The first-order valence-corrected chi connectivity index (χ1v) is 26.7. The number of hydrogen-bond acceptors (Lipinski definition) is 3. The van der Waals surface area contributed by atoms with E-state index in [1.54, 1.807) is 0 Å². The zero-order chi connectivity index (χ0) is 49.6. The molecule has 0 saturated carbocycles. The molecule has 356 valence electrons. The van der Waals surface area contributed by atoms with E-state index in [1.807, 2.05) is 0 Å². The standard InChI is InChI=1S/C68H65BN2O/c1-40-35-50-52(67(8,9)34-33-65(50,4)5)39-55(40)70-54-29-25-42(41-19-13-12-14-20-41)36-53(54)69-62-56(70)38-47-44-21-15-17-23-48(44)68(10,11)61(47)60(62)46-27-30-58-59(45-22-16-18-24-57(45)72-58)63(46)71(69)43-26-28-49-51(37-43)66(6,7)32-31-64(49,2)3/h12-30,35-39H,31-34H2,1-11H3. The van der Waals surface area contributed by atoms with Crippen LogP contribution in [0.1, 0.15) is 134 Å². The van der Waals surface area contributed by atoms with Crippen molar-refractivity contribution >= 4 is 68.1 Å². The summed E-state index contributed by atoms with van der Waals surface area (Å²) in [5.41, 5.74) is 28.5. The molecule has 8 aromatic carbocycles. The quantitative estimate of drug-likeness (QED) is 0.165. The Bertz CT molecular complexity index is 3830. The van der Waals surface area contributed by atoms with Crippen LogP contribution < -0.4 is 20.6 Å². The summed E-state index contributed by atoms with van der Waals surface area (Å²) in [4.78, 5) is 5.48. The van der Waals surface area contributed by atoms with Gasteiger partial charge in [0.25, 0.3) is 0 Å². The van der Waals surface area contributed by atoms with Crippen LogP contribution in [0.15, 0.2) is 150 Å². The number of anilines is 5. The number of fused-ring (bicyclic) bond motifs is 14. The summed E-state index contributed by atoms with van der Waals surface area (Å²) >= 11 is 0. The lowest BCUT2D eigenvalue weighted by Crippen LogP contribution is -2.62. The Labute approximate surface area is 427 Å². The minimum Gasteiger partial charge on any atom is -0.456 e. The summed E-state index contributed by atoms with van der Waals surface area (Å²) in [6.07, 6.45) is 4.66. The molecule has 0 fully saturated rings. The molecule has 72 heavy (non-hydrogen) atoms. The molecular formula is C68H65BN2O. The van der Waals surface area contributed by atoms with Crippen molar-refractivity contribution < 1.29 is 4.42 Å². The van der Waals surface area contributed by atoms with Crippen molar-refractivity contribution in [2.24, 2.45) is 0 Å². The van der Waals surface area contributed by atoms with Gasteiger partial charge in [-0.15, -0.1) is 0 Å². The Morgan fingerprint density at radius 1 is 0.472 bits per heavy atom. The predicted molar refractivity (Wildman–Crippen MR) is 306 cm³/mol. The highest BCUT2D eigenvalue weighted by atomic mass is 16.3. The molecule has 0 radical (unpaired) electrons. The number of hydrogen-bond donors (Lipinski definition) is 0. The van der Waals surface area contributed by atoms with Gasteiger partial charge in [0, 0.05) is 44.8 Å². The third-order valence-corrected chi connectivity index (χ3v) is 18.9. The fourth-order valence-electron chi connectivity index (χ4n) is 14.6. The molecule has 0 spiro atoms. The third-order valence-electron chi connectivity index (χ3n) is 18.9. The molecule has 0 saturated heterocycles. The number of furan rings is 1. The smallest absolute Gasteiger partial charge is 0.333 e. The van der Waals surface area contributed by atoms with E-state index in [-0.39, 0.29) is 33.9 Å². The van der Waals surface area contributed by atoms with Crippen molar-refractivity contribution in [2.75, 3.05) is 9.71 Å². The molecule has 0 atom stereocenters. The highest BCUT2D eigenvalue weighted by molar-refractivity contribution is 6.94.